The highest BCUT2D eigenvalue weighted by Crippen LogP contribution is 2.19. The molecule has 1 fully saturated rings. The van der Waals surface area contributed by atoms with E-state index in [4.69, 9.17) is 0 Å². The molecule has 1 aromatic heterocycles. The molecule has 168 valence electrons. The highest BCUT2D eigenvalue weighted by atomic mass is 16.2. The van der Waals surface area contributed by atoms with Gasteiger partial charge in [-0.05, 0) is 24.6 Å². The SMILES string of the molecule is Cc1ccc(CC(=O)N2CCN(CC(=O)Nc3c(C#N)cnn3-c3ccccc3)CC2)cc1. The van der Waals surface area contributed by atoms with Gasteiger partial charge in [0.2, 0.25) is 11.8 Å². The zero-order valence-electron chi connectivity index (χ0n) is 18.6. The fourth-order valence-electron chi connectivity index (χ4n) is 3.84. The third-order valence-corrected chi connectivity index (χ3v) is 5.72. The number of benzene rings is 2. The molecule has 2 aromatic carbocycles. The van der Waals surface area contributed by atoms with E-state index in [0.717, 1.165) is 11.3 Å². The Balaban J connectivity index is 1.31. The van der Waals surface area contributed by atoms with Crippen LogP contribution in [-0.4, -0.2) is 64.1 Å². The van der Waals surface area contributed by atoms with Gasteiger partial charge in [-0.15, -0.1) is 0 Å². The molecule has 3 aromatic rings. The summed E-state index contributed by atoms with van der Waals surface area (Å²) in [5.74, 6) is 0.248. The lowest BCUT2D eigenvalue weighted by atomic mass is 10.1. The molecule has 0 saturated carbocycles. The van der Waals surface area contributed by atoms with Gasteiger partial charge in [0.25, 0.3) is 0 Å². The second kappa shape index (κ2) is 10.1. The number of carbonyl (C=O) groups excluding carboxylic acids is 2. The molecule has 4 rings (SSSR count). The van der Waals surface area contributed by atoms with E-state index in [1.165, 1.54) is 11.8 Å². The van der Waals surface area contributed by atoms with Crippen LogP contribution in [0.15, 0.2) is 60.8 Å². The minimum Gasteiger partial charge on any atom is -0.340 e. The van der Waals surface area contributed by atoms with Gasteiger partial charge in [-0.25, -0.2) is 4.68 Å². The number of nitriles is 1. The van der Waals surface area contributed by atoms with Crippen molar-refractivity contribution in [3.8, 4) is 11.8 Å². The maximum Gasteiger partial charge on any atom is 0.239 e. The summed E-state index contributed by atoms with van der Waals surface area (Å²) in [6.07, 6.45) is 1.84. The Morgan fingerprint density at radius 3 is 2.39 bits per heavy atom. The van der Waals surface area contributed by atoms with E-state index in [1.807, 2.05) is 71.3 Å². The van der Waals surface area contributed by atoms with Crippen LogP contribution in [0.4, 0.5) is 5.82 Å². The summed E-state index contributed by atoms with van der Waals surface area (Å²) in [5.41, 5.74) is 3.25. The maximum atomic E-state index is 12.7. The average molecular weight is 443 g/mol. The summed E-state index contributed by atoms with van der Waals surface area (Å²) in [5, 5.41) is 16.5. The van der Waals surface area contributed by atoms with Crippen LogP contribution in [0.25, 0.3) is 5.69 Å². The molecule has 0 aliphatic carbocycles. The van der Waals surface area contributed by atoms with Gasteiger partial charge in [-0.3, -0.25) is 14.5 Å². The number of piperazine rings is 1. The molecule has 33 heavy (non-hydrogen) atoms. The van der Waals surface area contributed by atoms with Crippen LogP contribution in [-0.2, 0) is 16.0 Å². The number of carbonyl (C=O) groups is 2. The van der Waals surface area contributed by atoms with Crippen LogP contribution in [0, 0.1) is 18.3 Å². The Bertz CT molecular complexity index is 1160. The average Bonchev–Trinajstić information content (AvgIpc) is 3.24. The van der Waals surface area contributed by atoms with Gasteiger partial charge in [0.05, 0.1) is 24.8 Å². The maximum absolute atomic E-state index is 12.7. The third-order valence-electron chi connectivity index (χ3n) is 5.72. The van der Waals surface area contributed by atoms with E-state index in [0.29, 0.717) is 44.0 Å². The monoisotopic (exact) mass is 442 g/mol. The largest absolute Gasteiger partial charge is 0.340 e. The van der Waals surface area contributed by atoms with Gasteiger partial charge in [0, 0.05) is 26.2 Å². The first kappa shape index (κ1) is 22.2. The first-order valence-corrected chi connectivity index (χ1v) is 10.9. The lowest BCUT2D eigenvalue weighted by Crippen LogP contribution is -2.50. The van der Waals surface area contributed by atoms with Crippen molar-refractivity contribution in [2.45, 2.75) is 13.3 Å². The predicted molar refractivity (Wildman–Crippen MR) is 125 cm³/mol. The van der Waals surface area contributed by atoms with Crippen LogP contribution in [0.5, 0.6) is 0 Å². The molecule has 0 radical (unpaired) electrons. The lowest BCUT2D eigenvalue weighted by molar-refractivity contribution is -0.132. The molecule has 1 N–H and O–H groups in total. The van der Waals surface area contributed by atoms with Gasteiger partial charge in [0.1, 0.15) is 11.6 Å². The fraction of sp³-hybridized carbons (Fsp3) is 0.280. The Kier molecular flexibility index (Phi) is 6.81. The molecule has 1 aliphatic heterocycles. The van der Waals surface area contributed by atoms with Crippen molar-refractivity contribution in [3.63, 3.8) is 0 Å². The van der Waals surface area contributed by atoms with E-state index in [2.05, 4.69) is 16.5 Å². The molecule has 2 heterocycles. The zero-order chi connectivity index (χ0) is 23.2. The van der Waals surface area contributed by atoms with Gasteiger partial charge in [-0.2, -0.15) is 10.4 Å². The number of hydrogen-bond acceptors (Lipinski definition) is 5. The molecule has 0 spiro atoms. The van der Waals surface area contributed by atoms with Crippen molar-refractivity contribution in [2.24, 2.45) is 0 Å². The van der Waals surface area contributed by atoms with Gasteiger partial charge >= 0.3 is 0 Å². The Morgan fingerprint density at radius 1 is 1.03 bits per heavy atom. The molecule has 8 nitrogen and oxygen atoms in total. The molecule has 8 heteroatoms. The standard InChI is InChI=1S/C25H26N6O2/c1-19-7-9-20(10-8-19)15-24(33)30-13-11-29(12-14-30)18-23(32)28-25-21(16-26)17-27-31(25)22-5-3-2-4-6-22/h2-10,17H,11-15,18H2,1H3,(H,28,32). The van der Waals surface area contributed by atoms with Crippen molar-refractivity contribution in [1.29, 1.82) is 5.26 Å². The van der Waals surface area contributed by atoms with Crippen molar-refractivity contribution in [1.82, 2.24) is 19.6 Å². The van der Waals surface area contributed by atoms with Crippen LogP contribution < -0.4 is 5.32 Å². The lowest BCUT2D eigenvalue weighted by Gasteiger charge is -2.34. The predicted octanol–water partition coefficient (Wildman–Crippen LogP) is 2.38. The van der Waals surface area contributed by atoms with Crippen LogP contribution >= 0.6 is 0 Å². The highest BCUT2D eigenvalue weighted by molar-refractivity contribution is 5.93. The third kappa shape index (κ3) is 5.45. The van der Waals surface area contributed by atoms with E-state index in [9.17, 15) is 14.9 Å². The minimum atomic E-state index is -0.219. The van der Waals surface area contributed by atoms with Gasteiger partial charge in [-0.1, -0.05) is 48.0 Å². The molecule has 2 amide bonds. The normalized spacial score (nSPS) is 14.0. The summed E-state index contributed by atoms with van der Waals surface area (Å²) in [6.45, 7) is 4.63. The number of para-hydroxylation sites is 1. The number of aromatic nitrogens is 2. The Labute approximate surface area is 193 Å². The van der Waals surface area contributed by atoms with Crippen molar-refractivity contribution in [2.75, 3.05) is 38.0 Å². The smallest absolute Gasteiger partial charge is 0.239 e. The Hall–Kier alpha value is -3.96. The number of rotatable bonds is 6. The number of anilines is 1. The van der Waals surface area contributed by atoms with Crippen molar-refractivity contribution in [3.05, 3.63) is 77.5 Å². The quantitative estimate of drug-likeness (QED) is 0.633. The second-order valence-corrected chi connectivity index (χ2v) is 8.13. The summed E-state index contributed by atoms with van der Waals surface area (Å²) in [6, 6.07) is 19.4. The zero-order valence-corrected chi connectivity index (χ0v) is 18.6. The summed E-state index contributed by atoms with van der Waals surface area (Å²) >= 11 is 0. The van der Waals surface area contributed by atoms with E-state index in [1.54, 1.807) is 4.68 Å². The molecule has 1 aliphatic rings. The van der Waals surface area contributed by atoms with E-state index in [-0.39, 0.29) is 18.4 Å². The van der Waals surface area contributed by atoms with E-state index < -0.39 is 0 Å². The van der Waals surface area contributed by atoms with Gasteiger partial charge in [0.15, 0.2) is 5.82 Å². The number of amides is 2. The summed E-state index contributed by atoms with van der Waals surface area (Å²) in [4.78, 5) is 29.2. The van der Waals surface area contributed by atoms with E-state index >= 15 is 0 Å². The fourth-order valence-corrected chi connectivity index (χ4v) is 3.84. The molecule has 1 saturated heterocycles. The first-order valence-electron chi connectivity index (χ1n) is 10.9. The molecule has 0 atom stereocenters. The van der Waals surface area contributed by atoms with Crippen molar-refractivity contribution >= 4 is 17.6 Å². The molecular weight excluding hydrogens is 416 g/mol. The summed E-state index contributed by atoms with van der Waals surface area (Å²) < 4.78 is 1.55. The van der Waals surface area contributed by atoms with Crippen molar-refractivity contribution < 1.29 is 9.59 Å². The second-order valence-electron chi connectivity index (χ2n) is 8.13. The molecule has 0 unspecified atom stereocenters. The first-order chi connectivity index (χ1) is 16.0. The topological polar surface area (TPSA) is 94.3 Å². The van der Waals surface area contributed by atoms with Gasteiger partial charge < -0.3 is 10.2 Å². The number of aryl methyl sites for hydroxylation is 1. The highest BCUT2D eigenvalue weighted by Gasteiger charge is 2.23. The number of nitrogens with zero attached hydrogens (tertiary/aromatic N) is 5. The molecule has 0 bridgehead atoms. The minimum absolute atomic E-state index is 0.105. The van der Waals surface area contributed by atoms with Crippen LogP contribution in [0.3, 0.4) is 0 Å². The Morgan fingerprint density at radius 2 is 1.73 bits per heavy atom. The van der Waals surface area contributed by atoms with Crippen LogP contribution in [0.1, 0.15) is 16.7 Å². The number of hydrogen-bond donors (Lipinski definition) is 1. The van der Waals surface area contributed by atoms with Crippen LogP contribution in [0.2, 0.25) is 0 Å². The molecular formula is C25H26N6O2. The number of nitrogens with one attached hydrogen (secondary N) is 1. The summed E-state index contributed by atoms with van der Waals surface area (Å²) in [7, 11) is 0.